The zero-order valence-corrected chi connectivity index (χ0v) is 13.7. The average Bonchev–Trinajstić information content (AvgIpc) is 3.04. The van der Waals surface area contributed by atoms with Gasteiger partial charge in [0.15, 0.2) is 0 Å². The van der Waals surface area contributed by atoms with E-state index in [9.17, 15) is 0 Å². The average molecular weight is 299 g/mol. The van der Waals surface area contributed by atoms with Crippen LogP contribution >= 0.6 is 11.3 Å². The van der Waals surface area contributed by atoms with Crippen LogP contribution in [-0.2, 0) is 7.05 Å². The van der Waals surface area contributed by atoms with E-state index in [0.29, 0.717) is 6.04 Å². The van der Waals surface area contributed by atoms with Crippen LogP contribution < -0.4 is 5.32 Å². The van der Waals surface area contributed by atoms with E-state index in [1.165, 1.54) is 15.3 Å². The number of benzene rings is 1. The number of nitrogens with one attached hydrogen (secondary N) is 1. The maximum absolute atomic E-state index is 4.77. The molecule has 110 valence electrons. The summed E-state index contributed by atoms with van der Waals surface area (Å²) in [6.45, 7) is 6.54. The molecule has 0 saturated carbocycles. The maximum Gasteiger partial charge on any atom is 0.126 e. The molecule has 0 bridgehead atoms. The number of hydrogen-bond donors (Lipinski definition) is 1. The quantitative estimate of drug-likeness (QED) is 0.776. The van der Waals surface area contributed by atoms with E-state index < -0.39 is 0 Å². The van der Waals surface area contributed by atoms with Crippen LogP contribution in [0.25, 0.3) is 11.0 Å². The second-order valence-electron chi connectivity index (χ2n) is 5.58. The lowest BCUT2D eigenvalue weighted by atomic mass is 10.2. The molecule has 21 heavy (non-hydrogen) atoms. The lowest BCUT2D eigenvalue weighted by molar-refractivity contribution is 0.473. The summed E-state index contributed by atoms with van der Waals surface area (Å²) in [5.41, 5.74) is 2.24. The summed E-state index contributed by atoms with van der Waals surface area (Å²) in [5.74, 6) is 1.08. The summed E-state index contributed by atoms with van der Waals surface area (Å²) in [6.07, 6.45) is 0. The molecule has 4 heteroatoms. The Hall–Kier alpha value is -1.65. The first-order valence-electron chi connectivity index (χ1n) is 7.30. The highest BCUT2D eigenvalue weighted by Crippen LogP contribution is 2.26. The Kier molecular flexibility index (Phi) is 3.83. The van der Waals surface area contributed by atoms with Crippen molar-refractivity contribution in [2.75, 3.05) is 0 Å². The van der Waals surface area contributed by atoms with Crippen molar-refractivity contribution in [1.29, 1.82) is 0 Å². The number of fused-ring (bicyclic) bond motifs is 1. The van der Waals surface area contributed by atoms with E-state index in [2.05, 4.69) is 68.0 Å². The third kappa shape index (κ3) is 2.74. The van der Waals surface area contributed by atoms with Crippen molar-refractivity contribution in [1.82, 2.24) is 14.9 Å². The molecule has 0 spiro atoms. The van der Waals surface area contributed by atoms with Crippen LogP contribution in [0.5, 0.6) is 0 Å². The van der Waals surface area contributed by atoms with Gasteiger partial charge in [0.25, 0.3) is 0 Å². The van der Waals surface area contributed by atoms with Crippen LogP contribution in [0.4, 0.5) is 0 Å². The SMILES string of the molecule is Cc1ccc(C(C)NC(C)c2nc3ccccc3n2C)s1. The monoisotopic (exact) mass is 299 g/mol. The predicted octanol–water partition coefficient (Wildman–Crippen LogP) is 4.36. The van der Waals surface area contributed by atoms with Crippen LogP contribution in [0.2, 0.25) is 0 Å². The van der Waals surface area contributed by atoms with Crippen molar-refractivity contribution in [2.45, 2.75) is 32.9 Å². The number of thiophene rings is 1. The van der Waals surface area contributed by atoms with Crippen LogP contribution in [0.3, 0.4) is 0 Å². The van der Waals surface area contributed by atoms with Crippen LogP contribution in [0.1, 0.15) is 41.5 Å². The zero-order chi connectivity index (χ0) is 15.0. The smallest absolute Gasteiger partial charge is 0.126 e. The normalized spacial score (nSPS) is 14.5. The molecule has 2 atom stereocenters. The van der Waals surface area contributed by atoms with Crippen molar-refractivity contribution in [3.63, 3.8) is 0 Å². The van der Waals surface area contributed by atoms with Gasteiger partial charge in [-0.15, -0.1) is 11.3 Å². The molecule has 2 aromatic heterocycles. The summed E-state index contributed by atoms with van der Waals surface area (Å²) in [7, 11) is 2.09. The Morgan fingerprint density at radius 3 is 2.52 bits per heavy atom. The fourth-order valence-corrected chi connectivity index (χ4v) is 3.66. The van der Waals surface area contributed by atoms with E-state index >= 15 is 0 Å². The van der Waals surface area contributed by atoms with Gasteiger partial charge in [-0.25, -0.2) is 4.98 Å². The van der Waals surface area contributed by atoms with E-state index in [1.54, 1.807) is 0 Å². The molecule has 2 heterocycles. The molecule has 0 radical (unpaired) electrons. The standard InChI is InChI=1S/C17H21N3S/c1-11-9-10-16(21-11)12(2)18-13(3)17-19-14-7-5-6-8-15(14)20(17)4/h5-10,12-13,18H,1-4H3. The highest BCUT2D eigenvalue weighted by molar-refractivity contribution is 7.12. The first-order chi connectivity index (χ1) is 10.1. The molecule has 0 aliphatic carbocycles. The van der Waals surface area contributed by atoms with Gasteiger partial charge in [-0.3, -0.25) is 0 Å². The molecule has 0 aliphatic rings. The van der Waals surface area contributed by atoms with Gasteiger partial charge in [0.1, 0.15) is 5.82 Å². The van der Waals surface area contributed by atoms with Gasteiger partial charge in [-0.2, -0.15) is 0 Å². The third-order valence-electron chi connectivity index (χ3n) is 3.90. The maximum atomic E-state index is 4.77. The summed E-state index contributed by atoms with van der Waals surface area (Å²) in [6, 6.07) is 13.2. The largest absolute Gasteiger partial charge is 0.330 e. The third-order valence-corrected chi connectivity index (χ3v) is 5.08. The molecule has 2 unspecified atom stereocenters. The van der Waals surface area contributed by atoms with Crippen LogP contribution in [-0.4, -0.2) is 9.55 Å². The number of hydrogen-bond acceptors (Lipinski definition) is 3. The second-order valence-corrected chi connectivity index (χ2v) is 6.90. The molecule has 0 amide bonds. The Balaban J connectivity index is 1.83. The van der Waals surface area contributed by atoms with Crippen molar-refractivity contribution in [3.05, 3.63) is 52.0 Å². The first kappa shape index (κ1) is 14.3. The predicted molar refractivity (Wildman–Crippen MR) is 89.7 cm³/mol. The highest BCUT2D eigenvalue weighted by Gasteiger charge is 2.17. The molecule has 3 rings (SSSR count). The van der Waals surface area contributed by atoms with Crippen LogP contribution in [0, 0.1) is 6.92 Å². The second kappa shape index (κ2) is 5.62. The van der Waals surface area contributed by atoms with Crippen molar-refractivity contribution in [3.8, 4) is 0 Å². The van der Waals surface area contributed by atoms with Gasteiger partial charge < -0.3 is 9.88 Å². The summed E-state index contributed by atoms with van der Waals surface area (Å²) in [4.78, 5) is 7.50. The number of aryl methyl sites for hydroxylation is 2. The Morgan fingerprint density at radius 2 is 1.86 bits per heavy atom. The van der Waals surface area contributed by atoms with E-state index in [0.717, 1.165) is 11.3 Å². The first-order valence-corrected chi connectivity index (χ1v) is 8.11. The molecule has 0 saturated heterocycles. The van der Waals surface area contributed by atoms with Gasteiger partial charge in [-0.1, -0.05) is 12.1 Å². The topological polar surface area (TPSA) is 29.9 Å². The van der Waals surface area contributed by atoms with Gasteiger partial charge in [-0.05, 0) is 45.0 Å². The minimum atomic E-state index is 0.208. The van der Waals surface area contributed by atoms with Gasteiger partial charge in [0.05, 0.1) is 17.1 Å². The van der Waals surface area contributed by atoms with E-state index in [4.69, 9.17) is 4.98 Å². The number of nitrogens with zero attached hydrogens (tertiary/aromatic N) is 2. The molecule has 1 aromatic carbocycles. The molecule has 3 nitrogen and oxygen atoms in total. The van der Waals surface area contributed by atoms with E-state index in [-0.39, 0.29) is 6.04 Å². The zero-order valence-electron chi connectivity index (χ0n) is 12.9. The Bertz CT molecular complexity index is 756. The van der Waals surface area contributed by atoms with Gasteiger partial charge >= 0.3 is 0 Å². The Labute approximate surface area is 129 Å². The number of aromatic nitrogens is 2. The van der Waals surface area contributed by atoms with Gasteiger partial charge in [0.2, 0.25) is 0 Å². The van der Waals surface area contributed by atoms with Crippen molar-refractivity contribution < 1.29 is 0 Å². The fraction of sp³-hybridized carbons (Fsp3) is 0.353. The number of rotatable bonds is 4. The fourth-order valence-electron chi connectivity index (χ4n) is 2.77. The van der Waals surface area contributed by atoms with Crippen molar-refractivity contribution in [2.24, 2.45) is 7.05 Å². The highest BCUT2D eigenvalue weighted by atomic mass is 32.1. The minimum Gasteiger partial charge on any atom is -0.330 e. The summed E-state index contributed by atoms with van der Waals surface area (Å²) in [5, 5.41) is 3.65. The Morgan fingerprint density at radius 1 is 1.10 bits per heavy atom. The minimum absolute atomic E-state index is 0.208. The molecule has 1 N–H and O–H groups in total. The number of para-hydroxylation sites is 2. The van der Waals surface area contributed by atoms with E-state index in [1.807, 2.05) is 17.4 Å². The molecular formula is C17H21N3S. The van der Waals surface area contributed by atoms with Gasteiger partial charge in [0, 0.05) is 22.8 Å². The van der Waals surface area contributed by atoms with Crippen molar-refractivity contribution >= 4 is 22.4 Å². The lowest BCUT2D eigenvalue weighted by Crippen LogP contribution is -2.24. The lowest BCUT2D eigenvalue weighted by Gasteiger charge is -2.19. The number of imidazole rings is 1. The molecular weight excluding hydrogens is 278 g/mol. The van der Waals surface area contributed by atoms with Crippen LogP contribution in [0.15, 0.2) is 36.4 Å². The summed E-state index contributed by atoms with van der Waals surface area (Å²) < 4.78 is 2.18. The summed E-state index contributed by atoms with van der Waals surface area (Å²) >= 11 is 1.85. The molecule has 0 fully saturated rings. The molecule has 3 aromatic rings. The molecule has 0 aliphatic heterocycles.